The second kappa shape index (κ2) is 15.9. The smallest absolute Gasteiger partial charge is 0.264 e. The third kappa shape index (κ3) is 8.27. The van der Waals surface area contributed by atoms with Gasteiger partial charge >= 0.3 is 0 Å². The molecule has 0 bridgehead atoms. The van der Waals surface area contributed by atoms with E-state index >= 15 is 0 Å². The summed E-state index contributed by atoms with van der Waals surface area (Å²) in [7, 11) is -1.45. The van der Waals surface area contributed by atoms with E-state index < -0.39 is 28.5 Å². The van der Waals surface area contributed by atoms with Gasteiger partial charge in [-0.1, -0.05) is 73.2 Å². The van der Waals surface area contributed by atoms with Crippen LogP contribution in [-0.2, 0) is 26.2 Å². The van der Waals surface area contributed by atoms with Gasteiger partial charge in [0.25, 0.3) is 10.0 Å². The molecule has 1 aliphatic rings. The zero-order valence-electron chi connectivity index (χ0n) is 26.6. The van der Waals surface area contributed by atoms with Crippen LogP contribution in [0.1, 0.15) is 56.6 Å². The number of amides is 2. The minimum atomic E-state index is -4.32. The largest absolute Gasteiger partial charge is 0.493 e. The van der Waals surface area contributed by atoms with Crippen LogP contribution in [-0.4, -0.2) is 58.0 Å². The van der Waals surface area contributed by atoms with E-state index in [4.69, 9.17) is 32.7 Å². The van der Waals surface area contributed by atoms with Crippen molar-refractivity contribution in [3.8, 4) is 11.5 Å². The number of sulfonamides is 1. The van der Waals surface area contributed by atoms with Crippen molar-refractivity contribution >= 4 is 50.7 Å². The molecule has 0 unspecified atom stereocenters. The molecule has 3 aromatic rings. The molecule has 4 rings (SSSR count). The predicted octanol–water partition coefficient (Wildman–Crippen LogP) is 6.77. The van der Waals surface area contributed by atoms with E-state index in [0.717, 1.165) is 42.0 Å². The van der Waals surface area contributed by atoms with Crippen LogP contribution < -0.4 is 19.1 Å². The van der Waals surface area contributed by atoms with Crippen molar-refractivity contribution < 1.29 is 27.5 Å². The Balaban J connectivity index is 1.76. The van der Waals surface area contributed by atoms with Gasteiger partial charge in [-0.3, -0.25) is 13.9 Å². The average Bonchev–Trinajstić information content (AvgIpc) is 3.05. The summed E-state index contributed by atoms with van der Waals surface area (Å²) in [4.78, 5) is 29.5. The molecule has 0 spiro atoms. The van der Waals surface area contributed by atoms with Crippen LogP contribution >= 0.6 is 23.2 Å². The summed E-state index contributed by atoms with van der Waals surface area (Å²) in [6, 6.07) is 15.2. The fraction of sp³-hybridized carbons (Fsp3) is 0.412. The summed E-state index contributed by atoms with van der Waals surface area (Å²) >= 11 is 13.1. The van der Waals surface area contributed by atoms with Gasteiger partial charge in [0.05, 0.1) is 24.8 Å². The number of methoxy groups -OCH3 is 2. The predicted molar refractivity (Wildman–Crippen MR) is 181 cm³/mol. The summed E-state index contributed by atoms with van der Waals surface area (Å²) in [6.07, 6.45) is 5.22. The molecule has 9 nitrogen and oxygen atoms in total. The number of rotatable bonds is 13. The van der Waals surface area contributed by atoms with Crippen molar-refractivity contribution in [2.45, 2.75) is 75.9 Å². The minimum absolute atomic E-state index is 0.0191. The summed E-state index contributed by atoms with van der Waals surface area (Å²) < 4.78 is 40.3. The molecule has 46 heavy (non-hydrogen) atoms. The maximum Gasteiger partial charge on any atom is 0.264 e. The fourth-order valence-electron chi connectivity index (χ4n) is 5.66. The molecule has 2 amide bonds. The second-order valence-electron chi connectivity index (χ2n) is 11.4. The van der Waals surface area contributed by atoms with E-state index in [0.29, 0.717) is 27.8 Å². The van der Waals surface area contributed by atoms with Crippen molar-refractivity contribution in [2.75, 3.05) is 25.1 Å². The van der Waals surface area contributed by atoms with Crippen molar-refractivity contribution in [3.63, 3.8) is 0 Å². The molecule has 248 valence electrons. The first-order chi connectivity index (χ1) is 22.0. The number of nitrogens with zero attached hydrogens (tertiary/aromatic N) is 2. The average molecular weight is 691 g/mol. The van der Waals surface area contributed by atoms with Gasteiger partial charge in [0, 0.05) is 34.3 Å². The van der Waals surface area contributed by atoms with E-state index in [1.807, 2.05) is 13.8 Å². The topological polar surface area (TPSA) is 105 Å². The van der Waals surface area contributed by atoms with E-state index in [-0.39, 0.29) is 34.8 Å². The molecule has 0 aromatic heterocycles. The van der Waals surface area contributed by atoms with Gasteiger partial charge in [-0.25, -0.2) is 8.42 Å². The molecule has 3 aromatic carbocycles. The van der Waals surface area contributed by atoms with Crippen LogP contribution in [0.3, 0.4) is 0 Å². The van der Waals surface area contributed by atoms with Crippen LogP contribution in [0.15, 0.2) is 65.6 Å². The Labute approximate surface area is 281 Å². The lowest BCUT2D eigenvalue weighted by atomic mass is 9.95. The Bertz CT molecular complexity index is 1610. The van der Waals surface area contributed by atoms with Crippen molar-refractivity contribution in [2.24, 2.45) is 0 Å². The van der Waals surface area contributed by atoms with E-state index in [2.05, 4.69) is 5.32 Å². The quantitative estimate of drug-likeness (QED) is 0.212. The summed E-state index contributed by atoms with van der Waals surface area (Å²) in [5, 5.41) is 3.80. The summed E-state index contributed by atoms with van der Waals surface area (Å²) in [5.74, 6) is -0.307. The first-order valence-corrected chi connectivity index (χ1v) is 17.5. The lowest BCUT2D eigenvalue weighted by molar-refractivity contribution is -0.140. The maximum absolute atomic E-state index is 14.4. The first kappa shape index (κ1) is 35.4. The Kier molecular flexibility index (Phi) is 12.2. The zero-order chi connectivity index (χ0) is 33.4. The van der Waals surface area contributed by atoms with Crippen LogP contribution in [0.25, 0.3) is 0 Å². The van der Waals surface area contributed by atoms with Crippen molar-refractivity contribution in [1.29, 1.82) is 0 Å². The molecule has 0 saturated heterocycles. The number of anilines is 1. The van der Waals surface area contributed by atoms with Gasteiger partial charge in [0.15, 0.2) is 11.5 Å². The number of nitrogens with one attached hydrogen (secondary N) is 1. The van der Waals surface area contributed by atoms with Gasteiger partial charge in [-0.15, -0.1) is 0 Å². The Morgan fingerprint density at radius 2 is 1.57 bits per heavy atom. The highest BCUT2D eigenvalue weighted by Crippen LogP contribution is 2.33. The number of aryl methyl sites for hydroxylation is 1. The highest BCUT2D eigenvalue weighted by Gasteiger charge is 2.35. The monoisotopic (exact) mass is 689 g/mol. The third-order valence-corrected chi connectivity index (χ3v) is 10.7. The van der Waals surface area contributed by atoms with Gasteiger partial charge in [-0.05, 0) is 62.6 Å². The second-order valence-corrected chi connectivity index (χ2v) is 14.0. The van der Waals surface area contributed by atoms with Crippen molar-refractivity contribution in [3.05, 3.63) is 81.8 Å². The molecule has 1 aliphatic carbocycles. The number of benzene rings is 3. The number of halogens is 2. The number of ether oxygens (including phenoxy) is 2. The standard InChI is InChI=1S/C34H41Cl2N3O6S/c1-5-30(34(41)37-24-10-7-6-8-11-24)38(21-27-28(35)12-9-13-29(27)36)33(40)22-39(25-16-14-23(2)15-17-25)46(42,43)26-18-19-31(44-3)32(20-26)45-4/h9,12-20,24,30H,5-8,10-11,21-22H2,1-4H3,(H,37,41)/t30-/m1/s1. The number of carbonyl (C=O) groups is 2. The van der Waals surface area contributed by atoms with Crippen LogP contribution in [0.5, 0.6) is 11.5 Å². The Hall–Kier alpha value is -3.47. The lowest BCUT2D eigenvalue weighted by Crippen LogP contribution is -2.54. The number of carbonyl (C=O) groups excluding carboxylic acids is 2. The van der Waals surface area contributed by atoms with Gasteiger partial charge in [0.1, 0.15) is 12.6 Å². The SMILES string of the molecule is CC[C@H](C(=O)NC1CCCCC1)N(Cc1c(Cl)cccc1Cl)C(=O)CN(c1ccc(C)cc1)S(=O)(=O)c1ccc(OC)c(OC)c1. The normalized spacial score (nSPS) is 14.3. The zero-order valence-corrected chi connectivity index (χ0v) is 28.9. The summed E-state index contributed by atoms with van der Waals surface area (Å²) in [5.41, 5.74) is 1.66. The molecule has 12 heteroatoms. The maximum atomic E-state index is 14.4. The van der Waals surface area contributed by atoms with Gasteiger partial charge < -0.3 is 19.7 Å². The first-order valence-electron chi connectivity index (χ1n) is 15.3. The Morgan fingerprint density at radius 3 is 2.15 bits per heavy atom. The van der Waals surface area contributed by atoms with Gasteiger partial charge in [0.2, 0.25) is 11.8 Å². The molecular formula is C34H41Cl2N3O6S. The highest BCUT2D eigenvalue weighted by molar-refractivity contribution is 7.92. The fourth-order valence-corrected chi connectivity index (χ4v) is 7.61. The molecule has 0 heterocycles. The summed E-state index contributed by atoms with van der Waals surface area (Å²) in [6.45, 7) is 3.02. The molecule has 1 atom stereocenters. The van der Waals surface area contributed by atoms with E-state index in [9.17, 15) is 18.0 Å². The van der Waals surface area contributed by atoms with E-state index in [1.54, 1.807) is 42.5 Å². The minimum Gasteiger partial charge on any atom is -0.493 e. The molecule has 1 N–H and O–H groups in total. The molecule has 1 saturated carbocycles. The third-order valence-electron chi connectivity index (χ3n) is 8.27. The molecular weight excluding hydrogens is 649 g/mol. The lowest BCUT2D eigenvalue weighted by Gasteiger charge is -2.35. The molecule has 0 aliphatic heterocycles. The molecule has 1 fully saturated rings. The number of hydrogen-bond acceptors (Lipinski definition) is 6. The highest BCUT2D eigenvalue weighted by atomic mass is 35.5. The Morgan fingerprint density at radius 1 is 0.935 bits per heavy atom. The van der Waals surface area contributed by atoms with Crippen LogP contribution in [0, 0.1) is 6.92 Å². The van der Waals surface area contributed by atoms with Crippen LogP contribution in [0.4, 0.5) is 5.69 Å². The molecule has 0 radical (unpaired) electrons. The van der Waals surface area contributed by atoms with E-state index in [1.165, 1.54) is 37.3 Å². The number of hydrogen-bond donors (Lipinski definition) is 1. The van der Waals surface area contributed by atoms with Crippen LogP contribution in [0.2, 0.25) is 10.0 Å². The van der Waals surface area contributed by atoms with Crippen molar-refractivity contribution in [1.82, 2.24) is 10.2 Å². The van der Waals surface area contributed by atoms with Gasteiger partial charge in [-0.2, -0.15) is 0 Å².